The van der Waals surface area contributed by atoms with Crippen LogP contribution in [0.2, 0.25) is 13.1 Å². The molecule has 1 unspecified atom stereocenters. The van der Waals surface area contributed by atoms with Crippen LogP contribution in [0.5, 0.6) is 5.75 Å². The minimum atomic E-state index is 0.290. The molecule has 2 heterocycles. The first-order valence-electron chi connectivity index (χ1n) is 9.59. The second kappa shape index (κ2) is 8.08. The quantitative estimate of drug-likeness (QED) is 0.575. The van der Waals surface area contributed by atoms with Gasteiger partial charge in [-0.1, -0.05) is 19.2 Å². The first-order valence-corrected chi connectivity index (χ1v) is 9.59. The Morgan fingerprint density at radius 2 is 2.20 bits per heavy atom. The number of likely N-dealkylation sites (tertiary alicyclic amines) is 1. The van der Waals surface area contributed by atoms with E-state index in [1.54, 1.807) is 0 Å². The molecule has 0 amide bonds. The fraction of sp³-hybridized carbons (Fsp3) is 0.684. The lowest BCUT2D eigenvalue weighted by atomic mass is 9.42. The summed E-state index contributed by atoms with van der Waals surface area (Å²) in [6.45, 7) is 8.90. The maximum atomic E-state index is 6.31. The van der Waals surface area contributed by atoms with Gasteiger partial charge in [0.15, 0.2) is 0 Å². The number of likely N-dealkylation sites (N-methyl/N-ethyl adjacent to an activating group) is 2. The standard InChI is InChI=1S/C19H33BN4O/c1-14-17-9-20(2)8-7-15(17)5-6-18(14)25-16-10-24(11-16)12-19(22-3)23(4)13-21/h5-6,16,19,22H,7-13,21H2,1-4H3. The van der Waals surface area contributed by atoms with E-state index in [1.165, 1.54) is 35.8 Å². The number of nitrogens with one attached hydrogen (secondary N) is 1. The van der Waals surface area contributed by atoms with Gasteiger partial charge < -0.3 is 15.8 Å². The van der Waals surface area contributed by atoms with Crippen LogP contribution in [0.4, 0.5) is 0 Å². The summed E-state index contributed by atoms with van der Waals surface area (Å²) >= 11 is 0. The molecule has 1 saturated heterocycles. The maximum Gasteiger partial charge on any atom is 0.141 e. The summed E-state index contributed by atoms with van der Waals surface area (Å²) in [5.74, 6) is 1.08. The molecule has 1 aromatic rings. The first kappa shape index (κ1) is 18.7. The Hall–Kier alpha value is -1.08. The third kappa shape index (κ3) is 4.19. The molecule has 0 aliphatic carbocycles. The SMILES string of the molecule is CNC(CN1CC(Oc2ccc3c(c2C)CB(C)CC3)C1)N(C)CN. The molecule has 1 atom stereocenters. The lowest BCUT2D eigenvalue weighted by Crippen LogP contribution is -2.60. The van der Waals surface area contributed by atoms with Crippen molar-refractivity contribution in [3.8, 4) is 5.75 Å². The molecule has 0 radical (unpaired) electrons. The second-order valence-electron chi connectivity index (χ2n) is 7.88. The van der Waals surface area contributed by atoms with E-state index in [-0.39, 0.29) is 6.17 Å². The Bertz CT molecular complexity index is 591. The summed E-state index contributed by atoms with van der Waals surface area (Å²) in [4.78, 5) is 4.55. The number of rotatable bonds is 7. The zero-order valence-corrected chi connectivity index (χ0v) is 16.2. The van der Waals surface area contributed by atoms with Gasteiger partial charge >= 0.3 is 0 Å². The van der Waals surface area contributed by atoms with Crippen molar-refractivity contribution in [3.63, 3.8) is 0 Å². The van der Waals surface area contributed by atoms with Crippen molar-refractivity contribution < 1.29 is 4.74 Å². The van der Waals surface area contributed by atoms with Crippen molar-refractivity contribution in [2.24, 2.45) is 5.73 Å². The summed E-state index contributed by atoms with van der Waals surface area (Å²) in [5.41, 5.74) is 10.2. The number of aryl methyl sites for hydroxylation is 1. The van der Waals surface area contributed by atoms with E-state index in [0.29, 0.717) is 12.8 Å². The Labute approximate surface area is 153 Å². The average Bonchev–Trinajstić information content (AvgIpc) is 2.58. The van der Waals surface area contributed by atoms with Gasteiger partial charge in [-0.2, -0.15) is 0 Å². The van der Waals surface area contributed by atoms with E-state index in [0.717, 1.165) is 32.1 Å². The number of hydrogen-bond donors (Lipinski definition) is 2. The molecule has 2 aliphatic rings. The zero-order chi connectivity index (χ0) is 18.0. The monoisotopic (exact) mass is 344 g/mol. The molecule has 0 saturated carbocycles. The van der Waals surface area contributed by atoms with E-state index < -0.39 is 0 Å². The second-order valence-corrected chi connectivity index (χ2v) is 7.88. The van der Waals surface area contributed by atoms with Gasteiger partial charge in [-0.15, -0.1) is 0 Å². The molecule has 138 valence electrons. The van der Waals surface area contributed by atoms with Crippen LogP contribution in [0.15, 0.2) is 12.1 Å². The van der Waals surface area contributed by atoms with Crippen LogP contribution >= 0.6 is 0 Å². The minimum Gasteiger partial charge on any atom is -0.487 e. The molecule has 25 heavy (non-hydrogen) atoms. The highest BCUT2D eigenvalue weighted by Gasteiger charge is 2.31. The predicted molar refractivity (Wildman–Crippen MR) is 106 cm³/mol. The predicted octanol–water partition coefficient (Wildman–Crippen LogP) is 1.21. The molecular weight excluding hydrogens is 311 g/mol. The fourth-order valence-electron chi connectivity index (χ4n) is 4.04. The van der Waals surface area contributed by atoms with Gasteiger partial charge in [-0.25, -0.2) is 0 Å². The number of nitrogens with two attached hydrogens (primary N) is 1. The summed E-state index contributed by atoms with van der Waals surface area (Å²) < 4.78 is 6.31. The third-order valence-electron chi connectivity index (χ3n) is 5.91. The van der Waals surface area contributed by atoms with Crippen molar-refractivity contribution in [2.45, 2.75) is 45.1 Å². The molecule has 0 aromatic heterocycles. The molecule has 0 spiro atoms. The van der Waals surface area contributed by atoms with E-state index in [9.17, 15) is 0 Å². The van der Waals surface area contributed by atoms with Crippen molar-refractivity contribution in [1.82, 2.24) is 15.1 Å². The van der Waals surface area contributed by atoms with E-state index in [2.05, 4.69) is 41.0 Å². The van der Waals surface area contributed by atoms with Gasteiger partial charge in [0.1, 0.15) is 18.6 Å². The van der Waals surface area contributed by atoms with Crippen LogP contribution in [0.3, 0.4) is 0 Å². The van der Waals surface area contributed by atoms with Crippen LogP contribution in [0, 0.1) is 6.92 Å². The Morgan fingerprint density at radius 1 is 1.44 bits per heavy atom. The molecule has 2 aliphatic heterocycles. The molecule has 5 nitrogen and oxygen atoms in total. The maximum absolute atomic E-state index is 6.31. The van der Waals surface area contributed by atoms with E-state index in [4.69, 9.17) is 10.5 Å². The number of nitrogens with zero attached hydrogens (tertiary/aromatic N) is 2. The lowest BCUT2D eigenvalue weighted by Gasteiger charge is -2.42. The van der Waals surface area contributed by atoms with Crippen molar-refractivity contribution in [1.29, 1.82) is 0 Å². The largest absolute Gasteiger partial charge is 0.487 e. The normalized spacial score (nSPS) is 19.7. The molecule has 0 bridgehead atoms. The van der Waals surface area contributed by atoms with Crippen molar-refractivity contribution >= 4 is 6.71 Å². The first-order chi connectivity index (χ1) is 12.0. The summed E-state index contributed by atoms with van der Waals surface area (Å²) in [7, 11) is 4.04. The van der Waals surface area contributed by atoms with Gasteiger partial charge in [0, 0.05) is 26.3 Å². The zero-order valence-electron chi connectivity index (χ0n) is 16.2. The van der Waals surface area contributed by atoms with Crippen molar-refractivity contribution in [3.05, 3.63) is 28.8 Å². The van der Waals surface area contributed by atoms with Gasteiger partial charge in [0.25, 0.3) is 0 Å². The molecule has 6 heteroatoms. The summed E-state index contributed by atoms with van der Waals surface area (Å²) in [6, 6.07) is 4.47. The van der Waals surface area contributed by atoms with Crippen LogP contribution in [-0.2, 0) is 12.7 Å². The van der Waals surface area contributed by atoms with Crippen LogP contribution in [-0.4, -0.2) is 69.2 Å². The molecule has 1 fully saturated rings. The van der Waals surface area contributed by atoms with Crippen LogP contribution in [0.1, 0.15) is 16.7 Å². The van der Waals surface area contributed by atoms with E-state index in [1.807, 2.05) is 14.1 Å². The van der Waals surface area contributed by atoms with Crippen molar-refractivity contribution in [2.75, 3.05) is 40.4 Å². The van der Waals surface area contributed by atoms with Gasteiger partial charge in [0.2, 0.25) is 0 Å². The Balaban J connectivity index is 1.54. The number of hydrogen-bond acceptors (Lipinski definition) is 5. The molecule has 3 N–H and O–H groups in total. The van der Waals surface area contributed by atoms with Gasteiger partial charge in [-0.3, -0.25) is 9.80 Å². The molecule has 3 rings (SSSR count). The summed E-state index contributed by atoms with van der Waals surface area (Å²) in [5, 5.41) is 3.33. The Kier molecular flexibility index (Phi) is 6.05. The summed E-state index contributed by atoms with van der Waals surface area (Å²) in [6.07, 6.45) is 4.32. The van der Waals surface area contributed by atoms with Gasteiger partial charge in [-0.05, 0) is 56.5 Å². The van der Waals surface area contributed by atoms with Crippen LogP contribution in [0.25, 0.3) is 0 Å². The molecule has 1 aromatic carbocycles. The van der Waals surface area contributed by atoms with E-state index >= 15 is 0 Å². The number of fused-ring (bicyclic) bond motifs is 1. The molecular formula is C19H33BN4O. The minimum absolute atomic E-state index is 0.290. The highest BCUT2D eigenvalue weighted by molar-refractivity contribution is 6.57. The highest BCUT2D eigenvalue weighted by Crippen LogP contribution is 2.32. The van der Waals surface area contributed by atoms with Crippen LogP contribution < -0.4 is 15.8 Å². The van der Waals surface area contributed by atoms with Gasteiger partial charge in [0.05, 0.1) is 6.17 Å². The number of benzene rings is 1. The average molecular weight is 344 g/mol. The Morgan fingerprint density at radius 3 is 2.88 bits per heavy atom. The highest BCUT2D eigenvalue weighted by atomic mass is 16.5. The number of ether oxygens (including phenoxy) is 1. The third-order valence-corrected chi connectivity index (χ3v) is 5.91. The fourth-order valence-corrected chi connectivity index (χ4v) is 4.04. The topological polar surface area (TPSA) is 53.8 Å². The smallest absolute Gasteiger partial charge is 0.141 e. The lowest BCUT2D eigenvalue weighted by molar-refractivity contribution is 0.0000410.